The van der Waals surface area contributed by atoms with Crippen molar-refractivity contribution in [3.8, 4) is 33.8 Å². The van der Waals surface area contributed by atoms with Crippen LogP contribution in [0.15, 0.2) is 267 Å². The van der Waals surface area contributed by atoms with Crippen LogP contribution >= 0.6 is 0 Å². The van der Waals surface area contributed by atoms with E-state index in [9.17, 15) is 0 Å². The Balaban J connectivity index is 0.000000196. The molecule has 1 N–H and O–H groups in total. The first-order chi connectivity index (χ1) is 44.8. The number of benzene rings is 11. The molecule has 0 radical (unpaired) electrons. The number of phenolic OH excluding ortho intramolecular Hbond substituents is 1. The lowest BCUT2D eigenvalue weighted by Gasteiger charge is -2.20. The number of methoxy groups -OCH3 is 1. The van der Waals surface area contributed by atoms with Crippen molar-refractivity contribution >= 4 is 10.8 Å². The Hall–Kier alpha value is -8.72. The van der Waals surface area contributed by atoms with Crippen LogP contribution in [0.2, 0.25) is 0 Å². The van der Waals surface area contributed by atoms with Crippen LogP contribution in [0.5, 0.6) is 11.5 Å². The van der Waals surface area contributed by atoms with Gasteiger partial charge in [-0.25, -0.2) is 0 Å². The molecule has 0 unspecified atom stereocenters. The summed E-state index contributed by atoms with van der Waals surface area (Å²) in [5.74, 6) is 5.57. The van der Waals surface area contributed by atoms with Gasteiger partial charge < -0.3 is 9.84 Å². The average molecular weight is 1250 g/mol. The fourth-order valence-electron chi connectivity index (χ4n) is 10.9. The normalized spacial score (nSPS) is 11.4. The fraction of sp³-hybridized carbons (Fsp3) is 0.304. The molecular weight excluding hydrogens is 1140 g/mol. The largest absolute Gasteiger partial charge is 0.508 e. The topological polar surface area (TPSA) is 29.5 Å². The van der Waals surface area contributed by atoms with Gasteiger partial charge in [0.15, 0.2) is 0 Å². The van der Waals surface area contributed by atoms with E-state index in [1.54, 1.807) is 19.2 Å². The van der Waals surface area contributed by atoms with Gasteiger partial charge in [0.05, 0.1) is 7.11 Å². The van der Waals surface area contributed by atoms with Gasteiger partial charge in [0.2, 0.25) is 0 Å². The van der Waals surface area contributed by atoms with Crippen molar-refractivity contribution in [1.82, 2.24) is 0 Å². The number of hydrogen-bond acceptors (Lipinski definition) is 2. The van der Waals surface area contributed by atoms with Gasteiger partial charge in [0.25, 0.3) is 0 Å². The summed E-state index contributed by atoms with van der Waals surface area (Å²) in [4.78, 5) is 0. The highest BCUT2D eigenvalue weighted by Gasteiger charge is 2.34. The molecule has 2 nitrogen and oxygen atoms in total. The Morgan fingerprint density at radius 3 is 1.11 bits per heavy atom. The zero-order chi connectivity index (χ0) is 68.9. The fourth-order valence-corrected chi connectivity index (χ4v) is 10.9. The standard InChI is InChI=1S/C15H14.C15H16.C13H14.C11H16.C10H14O.C10H14.C9H12O.C9H12/c1-15(2)13-9-5-3-7-11(13)12-8-4-6-10-14(12)15;1-12(2)13-8-10-15(11-9-13)14-6-4-3-5-7-14;1-10(2)12-9-5-7-11-6-3-4-8-13(11)12;1-8(2)11-6-5-9(3)10(4)7-11;1-8(2)9-4-6-10(11-3)7-5-9;1-8(2)10-6-4-9(3)5-7-10;1-7(2)8-3-5-9(10)6-4-8;1-8(2)9-6-4-3-5-7-9/h3-10H,1-2H3;3-12H,1-2H3;3-10H,1-2H3;5-8H,1-4H3;4-8H,1-3H3;4-8H,1-3H3;3-7,10H,1-2H3;3-8H,1-2H3. The third-order valence-corrected chi connectivity index (χ3v) is 17.4. The maximum atomic E-state index is 8.94. The number of phenols is 1. The van der Waals surface area contributed by atoms with Crippen molar-refractivity contribution in [2.75, 3.05) is 7.11 Å². The highest BCUT2D eigenvalue weighted by Crippen LogP contribution is 2.48. The predicted octanol–water partition coefficient (Wildman–Crippen LogP) is 27.1. The molecule has 94 heavy (non-hydrogen) atoms. The smallest absolute Gasteiger partial charge is 0.118 e. The maximum Gasteiger partial charge on any atom is 0.118 e. The first kappa shape index (κ1) is 76.0. The van der Waals surface area contributed by atoms with Crippen LogP contribution < -0.4 is 4.74 Å². The van der Waals surface area contributed by atoms with Crippen LogP contribution in [-0.2, 0) is 5.41 Å². The van der Waals surface area contributed by atoms with Gasteiger partial charge in [0, 0.05) is 5.41 Å². The summed E-state index contributed by atoms with van der Waals surface area (Å²) in [6, 6.07) is 93.3. The molecule has 12 rings (SSSR count). The number of fused-ring (bicyclic) bond motifs is 4. The van der Waals surface area contributed by atoms with E-state index in [0.717, 1.165) is 5.75 Å². The van der Waals surface area contributed by atoms with Gasteiger partial charge in [-0.15, -0.1) is 0 Å². The molecule has 0 aromatic heterocycles. The molecule has 0 saturated carbocycles. The summed E-state index contributed by atoms with van der Waals surface area (Å²) in [5.41, 5.74) is 22.3. The van der Waals surface area contributed by atoms with Gasteiger partial charge in [-0.05, 0) is 181 Å². The van der Waals surface area contributed by atoms with E-state index in [0.29, 0.717) is 47.2 Å². The van der Waals surface area contributed by atoms with Crippen LogP contribution in [0.4, 0.5) is 0 Å². The molecule has 0 saturated heterocycles. The second kappa shape index (κ2) is 38.5. The third-order valence-electron chi connectivity index (χ3n) is 17.4. The van der Waals surface area contributed by atoms with E-state index in [4.69, 9.17) is 9.84 Å². The molecule has 1 aliphatic rings. The molecule has 11 aromatic carbocycles. The van der Waals surface area contributed by atoms with Gasteiger partial charge >= 0.3 is 0 Å². The van der Waals surface area contributed by atoms with E-state index in [1.807, 2.05) is 36.4 Å². The first-order valence-electron chi connectivity index (χ1n) is 34.3. The number of aryl methyl sites for hydroxylation is 3. The zero-order valence-electron chi connectivity index (χ0n) is 60.8. The molecule has 0 aliphatic heterocycles. The molecule has 0 spiro atoms. The van der Waals surface area contributed by atoms with Crippen molar-refractivity contribution in [3.05, 3.63) is 334 Å². The Bertz CT molecular complexity index is 3780. The minimum Gasteiger partial charge on any atom is -0.508 e. The monoisotopic (exact) mass is 1250 g/mol. The van der Waals surface area contributed by atoms with Crippen LogP contribution in [0.1, 0.15) is 219 Å². The van der Waals surface area contributed by atoms with Crippen molar-refractivity contribution in [2.45, 2.75) is 178 Å². The Kier molecular flexibility index (Phi) is 31.1. The highest BCUT2D eigenvalue weighted by atomic mass is 16.5. The summed E-state index contributed by atoms with van der Waals surface area (Å²) in [6.07, 6.45) is 0. The highest BCUT2D eigenvalue weighted by molar-refractivity contribution is 5.86. The molecule has 1 aliphatic carbocycles. The van der Waals surface area contributed by atoms with Gasteiger partial charge in [-0.1, -0.05) is 359 Å². The van der Waals surface area contributed by atoms with E-state index in [1.165, 1.54) is 99.8 Å². The molecule has 0 bridgehead atoms. The van der Waals surface area contributed by atoms with Crippen molar-refractivity contribution in [3.63, 3.8) is 0 Å². The van der Waals surface area contributed by atoms with Crippen molar-refractivity contribution in [2.24, 2.45) is 0 Å². The van der Waals surface area contributed by atoms with Gasteiger partial charge in [-0.3, -0.25) is 0 Å². The Labute approximate surface area is 570 Å². The second-order valence-corrected chi connectivity index (χ2v) is 27.4. The van der Waals surface area contributed by atoms with Crippen LogP contribution in [0, 0.1) is 20.8 Å². The lowest BCUT2D eigenvalue weighted by molar-refractivity contribution is 0.414. The number of ether oxygens (including phenoxy) is 1. The molecule has 0 fully saturated rings. The average Bonchev–Trinajstić information content (AvgIpc) is 1.59. The molecule has 11 aromatic rings. The molecule has 0 amide bonds. The quantitative estimate of drug-likeness (QED) is 0.156. The Morgan fingerprint density at radius 2 is 0.670 bits per heavy atom. The van der Waals surface area contributed by atoms with E-state index >= 15 is 0 Å². The second-order valence-electron chi connectivity index (χ2n) is 27.4. The SMILES string of the molecule is CC(C)c1ccc(-c2ccccc2)cc1.CC(C)c1ccc(O)cc1.CC(C)c1cccc2ccccc12.CC(C)c1ccccc1.CC1(C)c2ccccc2-c2ccccc21.COc1ccc(C(C)C)cc1.Cc1ccc(C(C)C)cc1.Cc1ccc(C(C)C)cc1C. The molecule has 0 heterocycles. The molecular formula is C92H112O2. The summed E-state index contributed by atoms with van der Waals surface area (Å²) < 4.78 is 5.05. The zero-order valence-corrected chi connectivity index (χ0v) is 60.8. The number of aromatic hydroxyl groups is 1. The van der Waals surface area contributed by atoms with Gasteiger partial charge in [0.1, 0.15) is 11.5 Å². The van der Waals surface area contributed by atoms with Crippen LogP contribution in [-0.4, -0.2) is 12.2 Å². The number of hydrogen-bond donors (Lipinski definition) is 1. The van der Waals surface area contributed by atoms with Crippen LogP contribution in [0.25, 0.3) is 33.0 Å². The lowest BCUT2D eigenvalue weighted by Crippen LogP contribution is -2.14. The lowest BCUT2D eigenvalue weighted by atomic mass is 9.82. The van der Waals surface area contributed by atoms with Crippen molar-refractivity contribution in [1.29, 1.82) is 0 Å². The van der Waals surface area contributed by atoms with Crippen molar-refractivity contribution < 1.29 is 9.84 Å². The summed E-state index contributed by atoms with van der Waals surface area (Å²) in [7, 11) is 1.68. The molecule has 492 valence electrons. The van der Waals surface area contributed by atoms with E-state index in [2.05, 4.69) is 350 Å². The minimum atomic E-state index is 0.160. The summed E-state index contributed by atoms with van der Waals surface area (Å²) in [5, 5.41) is 11.7. The first-order valence-corrected chi connectivity index (χ1v) is 34.3. The molecule has 0 atom stereocenters. The third kappa shape index (κ3) is 24.0. The van der Waals surface area contributed by atoms with Gasteiger partial charge in [-0.2, -0.15) is 0 Å². The Morgan fingerprint density at radius 1 is 0.309 bits per heavy atom. The molecule has 2 heteroatoms. The summed E-state index contributed by atoms with van der Waals surface area (Å²) in [6.45, 7) is 41.9. The van der Waals surface area contributed by atoms with Crippen LogP contribution in [0.3, 0.4) is 0 Å². The predicted molar refractivity (Wildman–Crippen MR) is 413 cm³/mol. The van der Waals surface area contributed by atoms with E-state index < -0.39 is 0 Å². The maximum absolute atomic E-state index is 8.94. The minimum absolute atomic E-state index is 0.160. The van der Waals surface area contributed by atoms with E-state index in [-0.39, 0.29) is 5.41 Å². The summed E-state index contributed by atoms with van der Waals surface area (Å²) >= 11 is 0. The number of rotatable bonds is 9.